The number of nitrogens with one attached hydrogen (secondary N) is 1. The number of nitrogens with two attached hydrogens (primary N) is 1. The van der Waals surface area contributed by atoms with Crippen LogP contribution in [0.25, 0.3) is 5.65 Å². The van der Waals surface area contributed by atoms with Gasteiger partial charge >= 0.3 is 6.18 Å². The summed E-state index contributed by atoms with van der Waals surface area (Å²) in [5.41, 5.74) is 6.27. The number of hydrogen-bond donors (Lipinski definition) is 2. The molecule has 0 atom stereocenters. The number of rotatable bonds is 9. The highest BCUT2D eigenvalue weighted by Gasteiger charge is 2.35. The number of fused-ring (bicyclic) bond motifs is 1. The highest BCUT2D eigenvalue weighted by atomic mass is 35.5. The number of pyridine rings is 1. The van der Waals surface area contributed by atoms with E-state index in [4.69, 9.17) is 26.8 Å². The molecule has 9 nitrogen and oxygen atoms in total. The van der Waals surface area contributed by atoms with E-state index in [2.05, 4.69) is 10.3 Å². The van der Waals surface area contributed by atoms with Crippen LogP contribution in [0.3, 0.4) is 0 Å². The Balaban J connectivity index is 1.84. The van der Waals surface area contributed by atoms with Crippen molar-refractivity contribution in [1.82, 2.24) is 14.7 Å². The van der Waals surface area contributed by atoms with Crippen molar-refractivity contribution < 1.29 is 35.9 Å². The molecule has 38 heavy (non-hydrogen) atoms. The monoisotopic (exact) mass is 578 g/mol. The second-order valence-corrected chi connectivity index (χ2v) is 12.2. The smallest absolute Gasteiger partial charge is 0.422 e. The lowest BCUT2D eigenvalue weighted by Gasteiger charge is -2.34. The maximum absolute atomic E-state index is 13.0. The number of ether oxygens (including phenoxy) is 2. The van der Waals surface area contributed by atoms with Gasteiger partial charge in [-0.2, -0.15) is 13.2 Å². The number of amides is 1. The number of nitrogens with zero attached hydrogens (tertiary/aromatic N) is 2. The third-order valence-electron chi connectivity index (χ3n) is 6.03. The first-order valence-electron chi connectivity index (χ1n) is 11.9. The summed E-state index contributed by atoms with van der Waals surface area (Å²) < 4.78 is 73.7. The summed E-state index contributed by atoms with van der Waals surface area (Å²) in [5, 5.41) is 3.15. The summed E-state index contributed by atoms with van der Waals surface area (Å²) in [6.07, 6.45) is -0.259. The molecule has 2 aromatic rings. The summed E-state index contributed by atoms with van der Waals surface area (Å²) in [6, 6.07) is 3.04. The summed E-state index contributed by atoms with van der Waals surface area (Å²) in [4.78, 5) is 17.4. The Morgan fingerprint density at radius 2 is 1.97 bits per heavy atom. The number of sulfone groups is 1. The van der Waals surface area contributed by atoms with Crippen molar-refractivity contribution in [2.75, 3.05) is 18.1 Å². The molecule has 0 unspecified atom stereocenters. The second kappa shape index (κ2) is 11.4. The molecule has 0 radical (unpaired) electrons. The number of hydrogen-bond acceptors (Lipinski definition) is 7. The van der Waals surface area contributed by atoms with Crippen molar-refractivity contribution in [3.05, 3.63) is 52.5 Å². The van der Waals surface area contributed by atoms with Crippen LogP contribution in [-0.2, 0) is 14.6 Å². The average molecular weight is 579 g/mol. The van der Waals surface area contributed by atoms with Crippen LogP contribution in [0.15, 0.2) is 41.1 Å². The lowest BCUT2D eigenvalue weighted by Crippen LogP contribution is -2.51. The third-order valence-corrected chi connectivity index (χ3v) is 7.98. The Hall–Kier alpha value is -2.93. The molecule has 0 aliphatic carbocycles. The van der Waals surface area contributed by atoms with Gasteiger partial charge in [0.2, 0.25) is 5.88 Å². The lowest BCUT2D eigenvalue weighted by atomic mass is 9.94. The first kappa shape index (κ1) is 29.6. The van der Waals surface area contributed by atoms with Gasteiger partial charge in [-0.3, -0.25) is 9.20 Å². The molecule has 3 rings (SSSR count). The fourth-order valence-electron chi connectivity index (χ4n) is 3.84. The van der Waals surface area contributed by atoms with Gasteiger partial charge in [-0.15, -0.1) is 0 Å². The minimum Gasteiger partial charge on any atom is -0.478 e. The standard InChI is InChI=1S/C24H30ClF3N4O5S/c1-4-5-16(25)12-18(36-14-24(26,27)28)21(29)37-17-6-7-19-30-20(15(2)32(19)13-17)22(33)31-23(3)8-10-38(34,35)11-9-23/h6-7,12-13H,4-5,8-11,14,29H2,1-3H3,(H,31,33)/b16-12+,21-18-. The van der Waals surface area contributed by atoms with Gasteiger partial charge in [0.15, 0.2) is 12.4 Å². The van der Waals surface area contributed by atoms with Crippen LogP contribution in [0.2, 0.25) is 0 Å². The zero-order chi connectivity index (χ0) is 28.3. The summed E-state index contributed by atoms with van der Waals surface area (Å²) in [6.45, 7) is 3.73. The van der Waals surface area contributed by atoms with E-state index in [-0.39, 0.29) is 33.7 Å². The zero-order valence-electron chi connectivity index (χ0n) is 21.2. The summed E-state index contributed by atoms with van der Waals surface area (Å²) in [5.74, 6) is -1.10. The van der Waals surface area contributed by atoms with Crippen molar-refractivity contribution in [3.63, 3.8) is 0 Å². The van der Waals surface area contributed by atoms with Crippen LogP contribution in [-0.4, -0.2) is 53.5 Å². The highest BCUT2D eigenvalue weighted by molar-refractivity contribution is 7.91. The van der Waals surface area contributed by atoms with Crippen LogP contribution in [0.1, 0.15) is 55.7 Å². The third kappa shape index (κ3) is 7.79. The number of carbonyl (C=O) groups is 1. The topological polar surface area (TPSA) is 125 Å². The van der Waals surface area contributed by atoms with Crippen molar-refractivity contribution in [1.29, 1.82) is 0 Å². The molecular weight excluding hydrogens is 549 g/mol. The molecule has 0 bridgehead atoms. The van der Waals surface area contributed by atoms with Gasteiger partial charge in [-0.1, -0.05) is 24.9 Å². The molecule has 3 heterocycles. The number of imidazole rings is 1. The molecule has 1 fully saturated rings. The number of alkyl halides is 3. The molecule has 1 aliphatic rings. The van der Waals surface area contributed by atoms with Crippen molar-refractivity contribution in [3.8, 4) is 5.75 Å². The summed E-state index contributed by atoms with van der Waals surface area (Å²) in [7, 11) is -3.10. The van der Waals surface area contributed by atoms with Crippen LogP contribution < -0.4 is 15.8 Å². The number of aromatic nitrogens is 2. The van der Waals surface area contributed by atoms with Gasteiger partial charge in [0, 0.05) is 16.6 Å². The number of carbonyl (C=O) groups excluding carboxylic acids is 1. The molecule has 3 N–H and O–H groups in total. The molecule has 2 aromatic heterocycles. The van der Waals surface area contributed by atoms with Crippen LogP contribution in [0.4, 0.5) is 13.2 Å². The van der Waals surface area contributed by atoms with Gasteiger partial charge < -0.3 is 20.5 Å². The van der Waals surface area contributed by atoms with E-state index in [1.54, 1.807) is 24.3 Å². The maximum Gasteiger partial charge on any atom is 0.422 e. The van der Waals surface area contributed by atoms with Gasteiger partial charge in [0.1, 0.15) is 26.9 Å². The molecule has 14 heteroatoms. The Labute approximate surface area is 223 Å². The molecule has 0 aromatic carbocycles. The van der Waals surface area contributed by atoms with Crippen LogP contribution in [0, 0.1) is 6.92 Å². The molecular formula is C24H30ClF3N4O5S. The Morgan fingerprint density at radius 1 is 1.32 bits per heavy atom. The minimum atomic E-state index is -4.59. The van der Waals surface area contributed by atoms with Gasteiger partial charge in [0.05, 0.1) is 23.4 Å². The zero-order valence-corrected chi connectivity index (χ0v) is 22.8. The molecule has 1 amide bonds. The number of aryl methyl sites for hydroxylation is 1. The normalized spacial score (nSPS) is 18.1. The predicted molar refractivity (Wildman–Crippen MR) is 136 cm³/mol. The molecule has 1 saturated heterocycles. The second-order valence-electron chi connectivity index (χ2n) is 9.38. The van der Waals surface area contributed by atoms with Gasteiger partial charge in [0.25, 0.3) is 5.91 Å². The number of allylic oxidation sites excluding steroid dienone is 2. The number of halogens is 4. The minimum absolute atomic E-state index is 0.00289. The van der Waals surface area contributed by atoms with Crippen LogP contribution in [0.5, 0.6) is 5.75 Å². The van der Waals surface area contributed by atoms with Gasteiger partial charge in [-0.05, 0) is 45.2 Å². The highest BCUT2D eigenvalue weighted by Crippen LogP contribution is 2.26. The Morgan fingerprint density at radius 3 is 2.58 bits per heavy atom. The molecule has 0 saturated carbocycles. The van der Waals surface area contributed by atoms with E-state index in [1.165, 1.54) is 18.3 Å². The fraction of sp³-hybridized carbons (Fsp3) is 0.500. The first-order chi connectivity index (χ1) is 17.6. The van der Waals surface area contributed by atoms with Crippen molar-refractivity contribution in [2.45, 2.75) is 58.2 Å². The van der Waals surface area contributed by atoms with Crippen LogP contribution >= 0.6 is 11.6 Å². The fourth-order valence-corrected chi connectivity index (χ4v) is 5.85. The van der Waals surface area contributed by atoms with E-state index in [9.17, 15) is 26.4 Å². The maximum atomic E-state index is 13.0. The molecule has 210 valence electrons. The van der Waals surface area contributed by atoms with E-state index in [0.29, 0.717) is 37.0 Å². The van der Waals surface area contributed by atoms with Crippen molar-refractivity contribution >= 4 is 33.0 Å². The largest absolute Gasteiger partial charge is 0.478 e. The van der Waals surface area contributed by atoms with E-state index < -0.39 is 39.9 Å². The van der Waals surface area contributed by atoms with E-state index in [0.717, 1.165) is 0 Å². The lowest BCUT2D eigenvalue weighted by molar-refractivity contribution is -0.164. The SMILES string of the molecule is CCC/C(Cl)=C\C(OCC(F)(F)F)=C(/N)Oc1ccc2nc(C(=O)NC3(C)CCS(=O)(=O)CC3)c(C)n2c1. The predicted octanol–water partition coefficient (Wildman–Crippen LogP) is 4.35. The quantitative estimate of drug-likeness (QED) is 0.335. The van der Waals surface area contributed by atoms with Gasteiger partial charge in [-0.25, -0.2) is 13.4 Å². The Kier molecular flexibility index (Phi) is 8.92. The average Bonchev–Trinajstić information content (AvgIpc) is 3.14. The molecule has 0 spiro atoms. The van der Waals surface area contributed by atoms with Crippen molar-refractivity contribution in [2.24, 2.45) is 5.73 Å². The Bertz CT molecular complexity index is 1360. The first-order valence-corrected chi connectivity index (χ1v) is 14.1. The van der Waals surface area contributed by atoms with E-state index in [1.807, 2.05) is 6.92 Å². The van der Waals surface area contributed by atoms with E-state index >= 15 is 0 Å². The summed E-state index contributed by atoms with van der Waals surface area (Å²) >= 11 is 6.07. The molecule has 1 aliphatic heterocycles.